The van der Waals surface area contributed by atoms with Crippen LogP contribution in [0.2, 0.25) is 0 Å². The largest absolute Gasteiger partial charge is 0.396 e. The minimum Gasteiger partial charge on any atom is -0.396 e. The van der Waals surface area contributed by atoms with Gasteiger partial charge in [0.15, 0.2) is 0 Å². The molecule has 35 heavy (non-hydrogen) atoms. The van der Waals surface area contributed by atoms with E-state index in [1.807, 2.05) is 0 Å². The van der Waals surface area contributed by atoms with Crippen LogP contribution >= 0.6 is 0 Å². The Balaban J connectivity index is 3.43. The van der Waals surface area contributed by atoms with Gasteiger partial charge in [-0.15, -0.1) is 0 Å². The van der Waals surface area contributed by atoms with Crippen molar-refractivity contribution in [1.82, 2.24) is 0 Å². The molecule has 208 valence electrons. The van der Waals surface area contributed by atoms with E-state index in [-0.39, 0.29) is 0 Å². The third-order valence-electron chi connectivity index (χ3n) is 7.06. The number of hydrogen-bond acceptors (Lipinski definition) is 3. The normalized spacial score (nSPS) is 12.6. The molecule has 0 aromatic carbocycles. The Hall–Kier alpha value is -0.640. The van der Waals surface area contributed by atoms with Crippen molar-refractivity contribution in [2.45, 2.75) is 155 Å². The predicted octanol–water partition coefficient (Wildman–Crippen LogP) is 9.46. The van der Waals surface area contributed by atoms with Gasteiger partial charge in [0.25, 0.3) is 0 Å². The molecule has 0 aliphatic rings. The first-order valence-electron chi connectivity index (χ1n) is 15.3. The van der Waals surface area contributed by atoms with Crippen LogP contribution in [0.15, 0.2) is 23.3 Å². The van der Waals surface area contributed by atoms with Crippen LogP contribution in [0.4, 0.5) is 0 Å². The molecule has 3 nitrogen and oxygen atoms in total. The zero-order valence-corrected chi connectivity index (χ0v) is 23.8. The lowest BCUT2D eigenvalue weighted by molar-refractivity contribution is 0.192. The van der Waals surface area contributed by atoms with Crippen LogP contribution in [0, 0.1) is 0 Å². The number of unbranched alkanes of at least 4 members (excludes halogenated alkanes) is 18. The van der Waals surface area contributed by atoms with Crippen LogP contribution in [-0.4, -0.2) is 36.6 Å². The summed E-state index contributed by atoms with van der Waals surface area (Å²) in [5.41, 5.74) is 2.94. The van der Waals surface area contributed by atoms with Gasteiger partial charge in [-0.05, 0) is 52.4 Å². The van der Waals surface area contributed by atoms with Crippen molar-refractivity contribution in [3.05, 3.63) is 23.3 Å². The zero-order chi connectivity index (χ0) is 25.7. The third-order valence-corrected chi connectivity index (χ3v) is 7.06. The molecule has 0 unspecified atom stereocenters. The Morgan fingerprint density at radius 3 is 0.971 bits per heavy atom. The summed E-state index contributed by atoms with van der Waals surface area (Å²) in [6.07, 6.45) is 32.8. The fourth-order valence-electron chi connectivity index (χ4n) is 4.53. The van der Waals surface area contributed by atoms with E-state index in [0.29, 0.717) is 13.2 Å². The van der Waals surface area contributed by atoms with Crippen LogP contribution < -0.4 is 0 Å². The second-order valence-electron chi connectivity index (χ2n) is 10.7. The van der Waals surface area contributed by atoms with E-state index in [2.05, 4.69) is 26.0 Å². The van der Waals surface area contributed by atoms with E-state index in [1.165, 1.54) is 140 Å². The molecule has 0 aromatic heterocycles. The van der Waals surface area contributed by atoms with Gasteiger partial charge in [0.1, 0.15) is 0 Å². The Morgan fingerprint density at radius 1 is 0.429 bits per heavy atom. The molecule has 0 saturated heterocycles. The Bertz CT molecular complexity index is 427. The summed E-state index contributed by atoms with van der Waals surface area (Å²) in [4.78, 5) is 0. The predicted molar refractivity (Wildman–Crippen MR) is 154 cm³/mol. The summed E-state index contributed by atoms with van der Waals surface area (Å²) in [6, 6.07) is 0. The molecule has 0 saturated carbocycles. The third kappa shape index (κ3) is 29.5. The second-order valence-corrected chi connectivity index (χ2v) is 10.7. The monoisotopic (exact) mass is 494 g/mol. The SMILES string of the molecule is CC(=CCOCC=C(C)CCCCCCCCCCCCO)CCCCCCCCCCCCO. The van der Waals surface area contributed by atoms with Crippen molar-refractivity contribution >= 4 is 0 Å². The highest BCUT2D eigenvalue weighted by molar-refractivity contribution is 4.99. The Morgan fingerprint density at radius 2 is 0.686 bits per heavy atom. The van der Waals surface area contributed by atoms with E-state index < -0.39 is 0 Å². The van der Waals surface area contributed by atoms with Crippen LogP contribution in [-0.2, 0) is 4.74 Å². The standard InChI is InChI=1S/C32H62O3/c1-31(23-19-15-11-7-3-5-9-13-17-21-27-33)25-29-35-30-26-32(2)24-20-16-12-8-4-6-10-14-18-22-28-34/h25-26,33-34H,3-24,27-30H2,1-2H3. The zero-order valence-electron chi connectivity index (χ0n) is 23.8. The minimum absolute atomic E-state index is 0.353. The highest BCUT2D eigenvalue weighted by Gasteiger charge is 1.96. The van der Waals surface area contributed by atoms with Crippen LogP contribution in [0.3, 0.4) is 0 Å². The van der Waals surface area contributed by atoms with Crippen molar-refractivity contribution < 1.29 is 14.9 Å². The molecule has 0 aliphatic carbocycles. The maximum absolute atomic E-state index is 8.78. The number of rotatable bonds is 28. The number of aliphatic hydroxyl groups excluding tert-OH is 2. The summed E-state index contributed by atoms with van der Waals surface area (Å²) in [5, 5.41) is 17.6. The minimum atomic E-state index is 0.353. The van der Waals surface area contributed by atoms with Crippen LogP contribution in [0.25, 0.3) is 0 Å². The van der Waals surface area contributed by atoms with Crippen LogP contribution in [0.1, 0.15) is 155 Å². The van der Waals surface area contributed by atoms with E-state index in [9.17, 15) is 0 Å². The quantitative estimate of drug-likeness (QED) is 0.0841. The number of aliphatic hydroxyl groups is 2. The van der Waals surface area contributed by atoms with E-state index in [1.54, 1.807) is 0 Å². The van der Waals surface area contributed by atoms with Crippen molar-refractivity contribution in [1.29, 1.82) is 0 Å². The van der Waals surface area contributed by atoms with Crippen molar-refractivity contribution in [3.63, 3.8) is 0 Å². The number of hydrogen-bond donors (Lipinski definition) is 2. The summed E-state index contributed by atoms with van der Waals surface area (Å²) in [5.74, 6) is 0. The van der Waals surface area contributed by atoms with E-state index in [0.717, 1.165) is 26.1 Å². The molecule has 0 amide bonds. The molecular formula is C32H62O3. The highest BCUT2D eigenvalue weighted by atomic mass is 16.5. The lowest BCUT2D eigenvalue weighted by Crippen LogP contribution is -1.94. The van der Waals surface area contributed by atoms with Gasteiger partial charge < -0.3 is 14.9 Å². The molecule has 0 atom stereocenters. The van der Waals surface area contributed by atoms with Crippen LogP contribution in [0.5, 0.6) is 0 Å². The molecular weight excluding hydrogens is 432 g/mol. The maximum atomic E-state index is 8.78. The molecule has 3 heteroatoms. The lowest BCUT2D eigenvalue weighted by atomic mass is 10.0. The molecule has 0 rings (SSSR count). The maximum Gasteiger partial charge on any atom is 0.0654 e. The van der Waals surface area contributed by atoms with Gasteiger partial charge in [0.2, 0.25) is 0 Å². The van der Waals surface area contributed by atoms with Gasteiger partial charge in [-0.3, -0.25) is 0 Å². The molecule has 0 spiro atoms. The van der Waals surface area contributed by atoms with Crippen molar-refractivity contribution in [2.75, 3.05) is 26.4 Å². The van der Waals surface area contributed by atoms with Crippen molar-refractivity contribution in [3.8, 4) is 0 Å². The van der Waals surface area contributed by atoms with E-state index >= 15 is 0 Å². The van der Waals surface area contributed by atoms with Gasteiger partial charge in [-0.2, -0.15) is 0 Å². The average molecular weight is 495 g/mol. The molecule has 0 aromatic rings. The second kappa shape index (κ2) is 29.6. The topological polar surface area (TPSA) is 49.7 Å². The smallest absolute Gasteiger partial charge is 0.0654 e. The summed E-state index contributed by atoms with van der Waals surface area (Å²) in [6.45, 7) is 6.68. The lowest BCUT2D eigenvalue weighted by Gasteiger charge is -2.05. The molecule has 0 fully saturated rings. The van der Waals surface area contributed by atoms with E-state index in [4.69, 9.17) is 14.9 Å². The average Bonchev–Trinajstić information content (AvgIpc) is 2.85. The first-order chi connectivity index (χ1) is 17.2. The summed E-state index contributed by atoms with van der Waals surface area (Å²) in [7, 11) is 0. The van der Waals surface area contributed by atoms with Gasteiger partial charge in [0, 0.05) is 13.2 Å². The van der Waals surface area contributed by atoms with Gasteiger partial charge in [-0.25, -0.2) is 0 Å². The number of ether oxygens (including phenoxy) is 1. The Labute approximate surface area is 219 Å². The van der Waals surface area contributed by atoms with Crippen molar-refractivity contribution in [2.24, 2.45) is 0 Å². The molecule has 0 heterocycles. The molecule has 0 bridgehead atoms. The summed E-state index contributed by atoms with van der Waals surface area (Å²) >= 11 is 0. The highest BCUT2D eigenvalue weighted by Crippen LogP contribution is 2.15. The first-order valence-corrected chi connectivity index (χ1v) is 15.3. The number of allylic oxidation sites excluding steroid dienone is 2. The first kappa shape index (κ1) is 34.4. The molecule has 0 radical (unpaired) electrons. The van der Waals surface area contributed by atoms with Gasteiger partial charge in [-0.1, -0.05) is 126 Å². The summed E-state index contributed by atoms with van der Waals surface area (Å²) < 4.78 is 5.81. The fourth-order valence-corrected chi connectivity index (χ4v) is 4.53. The molecule has 0 aliphatic heterocycles. The van der Waals surface area contributed by atoms with Gasteiger partial charge in [0.05, 0.1) is 13.2 Å². The Kier molecular flexibility index (Phi) is 29.0. The fraction of sp³-hybridized carbons (Fsp3) is 0.875. The van der Waals surface area contributed by atoms with Gasteiger partial charge >= 0.3 is 0 Å². The molecule has 2 N–H and O–H groups in total.